The lowest BCUT2D eigenvalue weighted by Crippen LogP contribution is -2.27. The van der Waals surface area contributed by atoms with Gasteiger partial charge in [-0.3, -0.25) is 9.88 Å². The third kappa shape index (κ3) is 2.15. The van der Waals surface area contributed by atoms with Crippen molar-refractivity contribution < 1.29 is 5.11 Å². The minimum atomic E-state index is 0.200. The molecule has 88 valence electrons. The van der Waals surface area contributed by atoms with Crippen LogP contribution in [0.4, 0.5) is 5.82 Å². The number of hydrogen-bond donors (Lipinski definition) is 2. The van der Waals surface area contributed by atoms with E-state index in [1.165, 1.54) is 0 Å². The predicted octanol–water partition coefficient (Wildman–Crippen LogP) is 0.647. The highest BCUT2D eigenvalue weighted by atomic mass is 16.3. The standard InChI is InChI=1S/C11H18N4O/c1-12-11-10(13-4-5-14-11)9-3-2-6-15(9)7-8-16/h4-5,9,16H,2-3,6-8H2,1H3,(H,12,14)/t9-/m0/s1. The summed E-state index contributed by atoms with van der Waals surface area (Å²) < 4.78 is 0. The first-order chi connectivity index (χ1) is 7.86. The molecule has 2 heterocycles. The first-order valence-corrected chi connectivity index (χ1v) is 5.70. The molecule has 1 aromatic rings. The molecule has 1 atom stereocenters. The number of nitrogens with zero attached hydrogens (tertiary/aromatic N) is 3. The molecule has 0 aromatic carbocycles. The molecular formula is C11H18N4O. The van der Waals surface area contributed by atoms with Gasteiger partial charge in [0.1, 0.15) is 5.82 Å². The quantitative estimate of drug-likeness (QED) is 0.783. The third-order valence-electron chi connectivity index (χ3n) is 3.03. The second kappa shape index (κ2) is 5.23. The van der Waals surface area contributed by atoms with E-state index in [0.29, 0.717) is 12.6 Å². The molecule has 1 fully saturated rings. The summed E-state index contributed by atoms with van der Waals surface area (Å²) in [7, 11) is 1.86. The Kier molecular flexibility index (Phi) is 3.69. The summed E-state index contributed by atoms with van der Waals surface area (Å²) in [6, 6.07) is 0.295. The lowest BCUT2D eigenvalue weighted by molar-refractivity contribution is 0.184. The van der Waals surface area contributed by atoms with E-state index in [0.717, 1.165) is 30.9 Å². The van der Waals surface area contributed by atoms with E-state index in [-0.39, 0.29) is 6.61 Å². The van der Waals surface area contributed by atoms with Crippen molar-refractivity contribution in [1.82, 2.24) is 14.9 Å². The van der Waals surface area contributed by atoms with Crippen molar-refractivity contribution in [3.63, 3.8) is 0 Å². The van der Waals surface area contributed by atoms with Gasteiger partial charge in [0.15, 0.2) is 0 Å². The van der Waals surface area contributed by atoms with E-state index in [1.807, 2.05) is 7.05 Å². The Morgan fingerprint density at radius 3 is 3.06 bits per heavy atom. The molecule has 2 rings (SSSR count). The zero-order valence-corrected chi connectivity index (χ0v) is 9.56. The van der Waals surface area contributed by atoms with E-state index in [4.69, 9.17) is 5.11 Å². The number of aromatic nitrogens is 2. The maximum Gasteiger partial charge on any atom is 0.149 e. The summed E-state index contributed by atoms with van der Waals surface area (Å²) in [4.78, 5) is 11.0. The second-order valence-electron chi connectivity index (χ2n) is 3.96. The van der Waals surface area contributed by atoms with Crippen LogP contribution in [0.15, 0.2) is 12.4 Å². The van der Waals surface area contributed by atoms with Gasteiger partial charge in [-0.25, -0.2) is 4.98 Å². The van der Waals surface area contributed by atoms with Crippen molar-refractivity contribution >= 4 is 5.82 Å². The van der Waals surface area contributed by atoms with Crippen LogP contribution in [0.1, 0.15) is 24.6 Å². The Morgan fingerprint density at radius 2 is 2.31 bits per heavy atom. The normalized spacial score (nSPS) is 21.2. The van der Waals surface area contributed by atoms with Crippen LogP contribution in [0.5, 0.6) is 0 Å². The molecule has 1 aliphatic rings. The van der Waals surface area contributed by atoms with Crippen molar-refractivity contribution in [2.75, 3.05) is 32.1 Å². The number of aliphatic hydroxyl groups is 1. The summed E-state index contributed by atoms with van der Waals surface area (Å²) in [6.45, 7) is 1.95. The van der Waals surface area contributed by atoms with Gasteiger partial charge in [-0.15, -0.1) is 0 Å². The van der Waals surface area contributed by atoms with Gasteiger partial charge in [0.25, 0.3) is 0 Å². The first-order valence-electron chi connectivity index (χ1n) is 5.70. The summed E-state index contributed by atoms with van der Waals surface area (Å²) in [6.07, 6.45) is 5.67. The van der Waals surface area contributed by atoms with Gasteiger partial charge in [0, 0.05) is 26.0 Å². The summed E-state index contributed by atoms with van der Waals surface area (Å²) in [5, 5.41) is 12.1. The minimum Gasteiger partial charge on any atom is -0.395 e. The highest BCUT2D eigenvalue weighted by Gasteiger charge is 2.28. The highest BCUT2D eigenvalue weighted by Crippen LogP contribution is 2.32. The molecule has 0 saturated carbocycles. The smallest absolute Gasteiger partial charge is 0.149 e. The van der Waals surface area contributed by atoms with Crippen molar-refractivity contribution in [3.05, 3.63) is 18.1 Å². The molecule has 0 unspecified atom stereocenters. The molecule has 0 amide bonds. The zero-order chi connectivity index (χ0) is 11.4. The Hall–Kier alpha value is -1.20. The predicted molar refractivity (Wildman–Crippen MR) is 62.2 cm³/mol. The Morgan fingerprint density at radius 1 is 1.50 bits per heavy atom. The van der Waals surface area contributed by atoms with Crippen LogP contribution in [0.2, 0.25) is 0 Å². The van der Waals surface area contributed by atoms with Gasteiger partial charge in [0.2, 0.25) is 0 Å². The highest BCUT2D eigenvalue weighted by molar-refractivity contribution is 5.40. The van der Waals surface area contributed by atoms with Crippen molar-refractivity contribution in [1.29, 1.82) is 0 Å². The summed E-state index contributed by atoms with van der Waals surface area (Å²) in [5.74, 6) is 0.845. The number of aliphatic hydroxyl groups excluding tert-OH is 1. The Balaban J connectivity index is 2.21. The molecule has 16 heavy (non-hydrogen) atoms. The molecule has 2 N–H and O–H groups in total. The fourth-order valence-electron chi connectivity index (χ4n) is 2.32. The average molecular weight is 222 g/mol. The maximum atomic E-state index is 9.02. The van der Waals surface area contributed by atoms with Crippen LogP contribution >= 0.6 is 0 Å². The number of hydrogen-bond acceptors (Lipinski definition) is 5. The molecule has 1 aromatic heterocycles. The van der Waals surface area contributed by atoms with E-state index in [1.54, 1.807) is 12.4 Å². The van der Waals surface area contributed by atoms with E-state index >= 15 is 0 Å². The van der Waals surface area contributed by atoms with Crippen molar-refractivity contribution in [3.8, 4) is 0 Å². The van der Waals surface area contributed by atoms with Gasteiger partial charge in [-0.2, -0.15) is 0 Å². The number of rotatable bonds is 4. The van der Waals surface area contributed by atoms with Crippen molar-refractivity contribution in [2.45, 2.75) is 18.9 Å². The molecule has 0 bridgehead atoms. The first kappa shape index (κ1) is 11.3. The largest absolute Gasteiger partial charge is 0.395 e. The molecule has 5 nitrogen and oxygen atoms in total. The molecule has 1 aliphatic heterocycles. The topological polar surface area (TPSA) is 61.3 Å². The number of β-amino-alcohol motifs (C(OH)–C–C–N with tert-alkyl or cyclic N) is 1. The van der Waals surface area contributed by atoms with Crippen LogP contribution in [-0.2, 0) is 0 Å². The number of nitrogens with one attached hydrogen (secondary N) is 1. The van der Waals surface area contributed by atoms with Gasteiger partial charge >= 0.3 is 0 Å². The van der Waals surface area contributed by atoms with Gasteiger partial charge < -0.3 is 10.4 Å². The molecule has 0 spiro atoms. The van der Waals surface area contributed by atoms with Crippen molar-refractivity contribution in [2.24, 2.45) is 0 Å². The average Bonchev–Trinajstić information content (AvgIpc) is 2.77. The maximum absolute atomic E-state index is 9.02. The van der Waals surface area contributed by atoms with Gasteiger partial charge in [-0.05, 0) is 19.4 Å². The number of anilines is 1. The van der Waals surface area contributed by atoms with E-state index < -0.39 is 0 Å². The van der Waals surface area contributed by atoms with Crippen LogP contribution in [0.25, 0.3) is 0 Å². The SMILES string of the molecule is CNc1nccnc1[C@@H]1CCCN1CCO. The molecule has 0 aliphatic carbocycles. The molecule has 5 heteroatoms. The van der Waals surface area contributed by atoms with Crippen LogP contribution in [0.3, 0.4) is 0 Å². The third-order valence-corrected chi connectivity index (χ3v) is 3.03. The van der Waals surface area contributed by atoms with E-state index in [9.17, 15) is 0 Å². The van der Waals surface area contributed by atoms with Crippen LogP contribution in [0, 0.1) is 0 Å². The lowest BCUT2D eigenvalue weighted by Gasteiger charge is -2.23. The minimum absolute atomic E-state index is 0.200. The Bertz CT molecular complexity index is 345. The summed E-state index contributed by atoms with van der Waals surface area (Å²) >= 11 is 0. The van der Waals surface area contributed by atoms with Gasteiger partial charge in [0.05, 0.1) is 18.3 Å². The summed E-state index contributed by atoms with van der Waals surface area (Å²) in [5.41, 5.74) is 0.996. The van der Waals surface area contributed by atoms with E-state index in [2.05, 4.69) is 20.2 Å². The second-order valence-corrected chi connectivity index (χ2v) is 3.96. The molecular weight excluding hydrogens is 204 g/mol. The fraction of sp³-hybridized carbons (Fsp3) is 0.636. The van der Waals surface area contributed by atoms with Crippen LogP contribution in [-0.4, -0.2) is 46.7 Å². The Labute approximate surface area is 95.5 Å². The fourth-order valence-corrected chi connectivity index (χ4v) is 2.32. The van der Waals surface area contributed by atoms with Gasteiger partial charge in [-0.1, -0.05) is 0 Å². The molecule has 0 radical (unpaired) electrons. The number of likely N-dealkylation sites (tertiary alicyclic amines) is 1. The zero-order valence-electron chi connectivity index (χ0n) is 9.56. The lowest BCUT2D eigenvalue weighted by atomic mass is 10.1. The van der Waals surface area contributed by atoms with Crippen LogP contribution < -0.4 is 5.32 Å². The molecule has 1 saturated heterocycles. The monoisotopic (exact) mass is 222 g/mol.